The average molecular weight is 455 g/mol. The molecular formula is C26H34N2O3S. The summed E-state index contributed by atoms with van der Waals surface area (Å²) in [4.78, 5) is 16.9. The topological polar surface area (TPSA) is 57.7 Å². The number of carbonyl (C=O) groups excluding carboxylic acids is 1. The number of amides is 1. The van der Waals surface area contributed by atoms with Crippen molar-refractivity contribution >= 4 is 27.5 Å². The Morgan fingerprint density at radius 3 is 2.16 bits per heavy atom. The molecule has 0 saturated carbocycles. The fourth-order valence-electron chi connectivity index (χ4n) is 3.86. The first-order valence-corrected chi connectivity index (χ1v) is 12.8. The van der Waals surface area contributed by atoms with Crippen LogP contribution in [0, 0.1) is 0 Å². The van der Waals surface area contributed by atoms with Gasteiger partial charge in [-0.2, -0.15) is 0 Å². The molecule has 2 aromatic rings. The maximum atomic E-state index is 13.2. The molecule has 0 bridgehead atoms. The van der Waals surface area contributed by atoms with Crippen molar-refractivity contribution in [2.75, 3.05) is 30.5 Å². The van der Waals surface area contributed by atoms with Crippen LogP contribution in [-0.4, -0.2) is 50.9 Å². The third-order valence-electron chi connectivity index (χ3n) is 5.93. The minimum atomic E-state index is -3.09. The predicted molar refractivity (Wildman–Crippen MR) is 133 cm³/mol. The molecule has 1 amide bonds. The molecule has 0 spiro atoms. The third kappa shape index (κ3) is 6.22. The fraction of sp³-hybridized carbons (Fsp3) is 0.423. The van der Waals surface area contributed by atoms with Gasteiger partial charge in [-0.05, 0) is 46.7 Å². The fourth-order valence-corrected chi connectivity index (χ4v) is 5.59. The highest BCUT2D eigenvalue weighted by atomic mass is 32.2. The van der Waals surface area contributed by atoms with E-state index in [-0.39, 0.29) is 28.9 Å². The van der Waals surface area contributed by atoms with E-state index in [1.54, 1.807) is 17.1 Å². The zero-order chi connectivity index (χ0) is 23.5. The van der Waals surface area contributed by atoms with Gasteiger partial charge in [-0.1, -0.05) is 57.2 Å². The molecule has 1 aliphatic rings. The number of benzene rings is 2. The van der Waals surface area contributed by atoms with Crippen molar-refractivity contribution in [1.82, 2.24) is 4.90 Å². The van der Waals surface area contributed by atoms with Crippen molar-refractivity contribution in [2.24, 2.45) is 0 Å². The molecule has 1 aliphatic heterocycles. The lowest BCUT2D eigenvalue weighted by atomic mass is 9.87. The lowest BCUT2D eigenvalue weighted by Crippen LogP contribution is -2.39. The van der Waals surface area contributed by atoms with Crippen LogP contribution >= 0.6 is 0 Å². The van der Waals surface area contributed by atoms with Gasteiger partial charge in [-0.25, -0.2) is 8.42 Å². The van der Waals surface area contributed by atoms with Crippen LogP contribution in [0.5, 0.6) is 0 Å². The largest absolute Gasteiger partial charge is 0.378 e. The minimum Gasteiger partial charge on any atom is -0.378 e. The standard InChI is InChI=1S/C26H34N2O3S/c1-26(2,3)22-11-6-20(7-12-22)10-15-25(29)28(24-16-17-32(30,31)19-24)18-21-8-13-23(14-9-21)27(4)5/h6-15,24H,16-19H2,1-5H3. The van der Waals surface area contributed by atoms with Crippen LogP contribution in [0.15, 0.2) is 54.6 Å². The monoisotopic (exact) mass is 454 g/mol. The van der Waals surface area contributed by atoms with Gasteiger partial charge in [0.05, 0.1) is 11.5 Å². The molecule has 0 N–H and O–H groups in total. The molecule has 0 radical (unpaired) electrons. The van der Waals surface area contributed by atoms with Gasteiger partial charge < -0.3 is 9.80 Å². The van der Waals surface area contributed by atoms with E-state index in [1.807, 2.05) is 55.4 Å². The van der Waals surface area contributed by atoms with Crippen molar-refractivity contribution < 1.29 is 13.2 Å². The Kier molecular flexibility index (Phi) is 7.13. The van der Waals surface area contributed by atoms with E-state index in [0.29, 0.717) is 13.0 Å². The van der Waals surface area contributed by atoms with Gasteiger partial charge in [0.2, 0.25) is 5.91 Å². The average Bonchev–Trinajstić information content (AvgIpc) is 3.09. The molecule has 5 nitrogen and oxygen atoms in total. The molecule has 2 aromatic carbocycles. The summed E-state index contributed by atoms with van der Waals surface area (Å²) in [7, 11) is 0.864. The van der Waals surface area contributed by atoms with Crippen LogP contribution in [0.25, 0.3) is 6.08 Å². The Balaban J connectivity index is 1.79. The maximum Gasteiger partial charge on any atom is 0.247 e. The first kappa shape index (κ1) is 24.1. The van der Waals surface area contributed by atoms with Crippen molar-refractivity contribution in [1.29, 1.82) is 0 Å². The number of anilines is 1. The highest BCUT2D eigenvalue weighted by molar-refractivity contribution is 7.91. The number of hydrogen-bond donors (Lipinski definition) is 0. The summed E-state index contributed by atoms with van der Waals surface area (Å²) in [6, 6.07) is 15.9. The quantitative estimate of drug-likeness (QED) is 0.612. The third-order valence-corrected chi connectivity index (χ3v) is 7.68. The van der Waals surface area contributed by atoms with E-state index in [2.05, 4.69) is 32.9 Å². The lowest BCUT2D eigenvalue weighted by Gasteiger charge is -2.27. The zero-order valence-corrected chi connectivity index (χ0v) is 20.5. The van der Waals surface area contributed by atoms with E-state index in [1.165, 1.54) is 5.56 Å². The zero-order valence-electron chi connectivity index (χ0n) is 19.7. The van der Waals surface area contributed by atoms with E-state index in [0.717, 1.165) is 16.8 Å². The van der Waals surface area contributed by atoms with Crippen molar-refractivity contribution in [3.63, 3.8) is 0 Å². The van der Waals surface area contributed by atoms with Gasteiger partial charge in [0.1, 0.15) is 0 Å². The van der Waals surface area contributed by atoms with Gasteiger partial charge in [0.15, 0.2) is 9.84 Å². The van der Waals surface area contributed by atoms with Crippen molar-refractivity contribution in [3.05, 3.63) is 71.3 Å². The van der Waals surface area contributed by atoms with Crippen LogP contribution < -0.4 is 4.90 Å². The van der Waals surface area contributed by atoms with E-state index in [9.17, 15) is 13.2 Å². The minimum absolute atomic E-state index is 0.0304. The molecule has 0 aromatic heterocycles. The van der Waals surface area contributed by atoms with Gasteiger partial charge >= 0.3 is 0 Å². The highest BCUT2D eigenvalue weighted by Gasteiger charge is 2.34. The summed E-state index contributed by atoms with van der Waals surface area (Å²) in [5.74, 6) is 0.00503. The number of nitrogens with zero attached hydrogens (tertiary/aromatic N) is 2. The Morgan fingerprint density at radius 2 is 1.66 bits per heavy atom. The highest BCUT2D eigenvalue weighted by Crippen LogP contribution is 2.24. The second-order valence-electron chi connectivity index (χ2n) is 9.79. The molecule has 6 heteroatoms. The van der Waals surface area contributed by atoms with Crippen LogP contribution in [0.2, 0.25) is 0 Å². The summed E-state index contributed by atoms with van der Waals surface area (Å²) >= 11 is 0. The van der Waals surface area contributed by atoms with Gasteiger partial charge in [-0.15, -0.1) is 0 Å². The van der Waals surface area contributed by atoms with Gasteiger partial charge in [0.25, 0.3) is 0 Å². The molecule has 1 saturated heterocycles. The summed E-state index contributed by atoms with van der Waals surface area (Å²) in [6.45, 7) is 6.89. The number of sulfone groups is 1. The maximum absolute atomic E-state index is 13.2. The SMILES string of the molecule is CN(C)c1ccc(CN(C(=O)C=Cc2ccc(C(C)(C)C)cc2)C2CCS(=O)(=O)C2)cc1. The normalized spacial score (nSPS) is 18.1. The smallest absolute Gasteiger partial charge is 0.247 e. The predicted octanol–water partition coefficient (Wildman–Crippen LogP) is 4.28. The van der Waals surface area contributed by atoms with Gasteiger partial charge in [0, 0.05) is 38.4 Å². The second kappa shape index (κ2) is 9.49. The summed E-state index contributed by atoms with van der Waals surface area (Å²) in [6.07, 6.45) is 3.85. The summed E-state index contributed by atoms with van der Waals surface area (Å²) < 4.78 is 24.1. The molecule has 32 heavy (non-hydrogen) atoms. The van der Waals surface area contributed by atoms with Gasteiger partial charge in [-0.3, -0.25) is 4.79 Å². The first-order valence-electron chi connectivity index (χ1n) is 11.0. The van der Waals surface area contributed by atoms with Crippen LogP contribution in [-0.2, 0) is 26.6 Å². The molecule has 1 atom stereocenters. The summed E-state index contributed by atoms with van der Waals surface area (Å²) in [5, 5.41) is 0. The number of hydrogen-bond acceptors (Lipinski definition) is 4. The number of rotatable bonds is 6. The molecular weight excluding hydrogens is 420 g/mol. The van der Waals surface area contributed by atoms with E-state index in [4.69, 9.17) is 0 Å². The Bertz CT molecular complexity index is 1060. The second-order valence-corrected chi connectivity index (χ2v) is 12.0. The molecule has 172 valence electrons. The van der Waals surface area contributed by atoms with Crippen LogP contribution in [0.3, 0.4) is 0 Å². The van der Waals surface area contributed by atoms with E-state index >= 15 is 0 Å². The Hall–Kier alpha value is -2.60. The Labute approximate surface area is 192 Å². The summed E-state index contributed by atoms with van der Waals surface area (Å²) in [5.41, 5.74) is 4.32. The molecule has 3 rings (SSSR count). The molecule has 0 aliphatic carbocycles. The van der Waals surface area contributed by atoms with Crippen molar-refractivity contribution in [3.8, 4) is 0 Å². The molecule has 1 unspecified atom stereocenters. The molecule has 1 fully saturated rings. The first-order chi connectivity index (χ1) is 14.9. The van der Waals surface area contributed by atoms with Crippen LogP contribution in [0.1, 0.15) is 43.9 Å². The number of carbonyl (C=O) groups is 1. The van der Waals surface area contributed by atoms with Crippen molar-refractivity contribution in [2.45, 2.75) is 45.2 Å². The molecule has 1 heterocycles. The van der Waals surface area contributed by atoms with Crippen LogP contribution in [0.4, 0.5) is 5.69 Å². The lowest BCUT2D eigenvalue weighted by molar-refractivity contribution is -0.128. The Morgan fingerprint density at radius 1 is 1.03 bits per heavy atom. The van der Waals surface area contributed by atoms with E-state index < -0.39 is 9.84 Å².